The van der Waals surface area contributed by atoms with Crippen molar-refractivity contribution in [2.75, 3.05) is 17.1 Å². The molecular weight excluding hydrogens is 486 g/mol. The van der Waals surface area contributed by atoms with Gasteiger partial charge in [0.05, 0.1) is 29.3 Å². The summed E-state index contributed by atoms with van der Waals surface area (Å²) in [4.78, 5) is 58.5. The summed E-state index contributed by atoms with van der Waals surface area (Å²) >= 11 is 1.17. The number of amides is 2. The molecule has 5 rings (SSSR count). The number of hydroxylamine groups is 1. The maximum Gasteiger partial charge on any atom is 0.341 e. The molecular formula is C25H21N3O7S. The largest absolute Gasteiger partial charge is 0.465 e. The molecule has 2 aliphatic rings. The van der Waals surface area contributed by atoms with Crippen LogP contribution in [0.4, 0.5) is 16.4 Å². The third-order valence-corrected chi connectivity index (χ3v) is 7.72. The van der Waals surface area contributed by atoms with Gasteiger partial charge in [-0.1, -0.05) is 30.3 Å². The van der Waals surface area contributed by atoms with Crippen molar-refractivity contribution >= 4 is 45.5 Å². The van der Waals surface area contributed by atoms with Gasteiger partial charge in [0.25, 0.3) is 11.6 Å². The Morgan fingerprint density at radius 1 is 1.06 bits per heavy atom. The number of hydrogen-bond donors (Lipinski definition) is 0. The molecule has 3 aromatic rings. The molecule has 36 heavy (non-hydrogen) atoms. The first-order valence-electron chi connectivity index (χ1n) is 11.1. The van der Waals surface area contributed by atoms with Gasteiger partial charge in [-0.05, 0) is 37.1 Å². The van der Waals surface area contributed by atoms with Crippen LogP contribution in [-0.2, 0) is 19.2 Å². The topological polar surface area (TPSA) is 119 Å². The van der Waals surface area contributed by atoms with Gasteiger partial charge < -0.3 is 4.74 Å². The average Bonchev–Trinajstić information content (AvgIpc) is 3.49. The third-order valence-electron chi connectivity index (χ3n) is 6.53. The van der Waals surface area contributed by atoms with Crippen LogP contribution in [0.2, 0.25) is 0 Å². The van der Waals surface area contributed by atoms with E-state index in [9.17, 15) is 24.5 Å². The molecule has 1 aromatic heterocycles. The van der Waals surface area contributed by atoms with E-state index in [4.69, 9.17) is 9.57 Å². The monoisotopic (exact) mass is 507 g/mol. The van der Waals surface area contributed by atoms with Gasteiger partial charge in [0, 0.05) is 17.0 Å². The van der Waals surface area contributed by atoms with Crippen LogP contribution >= 0.6 is 11.3 Å². The smallest absolute Gasteiger partial charge is 0.341 e. The number of nitro groups is 1. The van der Waals surface area contributed by atoms with Crippen molar-refractivity contribution in [1.29, 1.82) is 0 Å². The molecule has 2 saturated heterocycles. The van der Waals surface area contributed by atoms with Gasteiger partial charge in [0.15, 0.2) is 6.10 Å². The average molecular weight is 508 g/mol. The Morgan fingerprint density at radius 3 is 2.33 bits per heavy atom. The van der Waals surface area contributed by atoms with Crippen molar-refractivity contribution in [3.63, 3.8) is 0 Å². The third kappa shape index (κ3) is 3.55. The lowest BCUT2D eigenvalue weighted by Crippen LogP contribution is -2.37. The van der Waals surface area contributed by atoms with E-state index >= 15 is 0 Å². The zero-order valence-electron chi connectivity index (χ0n) is 19.5. The molecule has 0 spiro atoms. The molecule has 11 heteroatoms. The molecule has 2 fully saturated rings. The number of esters is 1. The summed E-state index contributed by atoms with van der Waals surface area (Å²) < 4.78 is 4.91. The van der Waals surface area contributed by atoms with Crippen molar-refractivity contribution in [1.82, 2.24) is 0 Å². The van der Waals surface area contributed by atoms with Crippen molar-refractivity contribution in [2.45, 2.75) is 26.0 Å². The van der Waals surface area contributed by atoms with Gasteiger partial charge in [-0.3, -0.25) is 24.5 Å². The predicted molar refractivity (Wildman–Crippen MR) is 131 cm³/mol. The molecule has 0 unspecified atom stereocenters. The minimum Gasteiger partial charge on any atom is -0.465 e. The van der Waals surface area contributed by atoms with Gasteiger partial charge in [0.2, 0.25) is 5.91 Å². The number of nitrogens with zero attached hydrogens (tertiary/aromatic N) is 3. The minimum atomic E-state index is -1.13. The minimum absolute atomic E-state index is 0.0943. The fraction of sp³-hybridized carbons (Fsp3) is 0.240. The van der Waals surface area contributed by atoms with E-state index in [1.807, 2.05) is 6.07 Å². The summed E-state index contributed by atoms with van der Waals surface area (Å²) in [6.07, 6.45) is -1.13. The highest BCUT2D eigenvalue weighted by atomic mass is 32.1. The fourth-order valence-electron chi connectivity index (χ4n) is 4.65. The molecule has 184 valence electrons. The van der Waals surface area contributed by atoms with Crippen LogP contribution in [0.15, 0.2) is 54.6 Å². The van der Waals surface area contributed by atoms with Crippen LogP contribution in [0, 0.1) is 29.9 Å². The molecule has 0 aliphatic carbocycles. The summed E-state index contributed by atoms with van der Waals surface area (Å²) in [7, 11) is 1.24. The molecule has 0 radical (unpaired) electrons. The summed E-state index contributed by atoms with van der Waals surface area (Å²) in [5.41, 5.74) is 1.92. The second kappa shape index (κ2) is 8.85. The first-order chi connectivity index (χ1) is 17.2. The van der Waals surface area contributed by atoms with Crippen molar-refractivity contribution in [3.05, 3.63) is 86.3 Å². The number of methoxy groups -OCH3 is 1. The van der Waals surface area contributed by atoms with E-state index in [2.05, 4.69) is 0 Å². The van der Waals surface area contributed by atoms with E-state index in [1.54, 1.807) is 50.2 Å². The Kier molecular flexibility index (Phi) is 5.81. The lowest BCUT2D eigenvalue weighted by Gasteiger charge is -2.28. The maximum absolute atomic E-state index is 13.9. The van der Waals surface area contributed by atoms with E-state index in [0.29, 0.717) is 16.8 Å². The second-order valence-electron chi connectivity index (χ2n) is 8.47. The van der Waals surface area contributed by atoms with E-state index in [0.717, 1.165) is 9.78 Å². The highest BCUT2D eigenvalue weighted by Gasteiger charge is 2.61. The quantitative estimate of drug-likeness (QED) is 0.219. The number of imide groups is 1. The van der Waals surface area contributed by atoms with E-state index in [-0.39, 0.29) is 16.3 Å². The Hall–Kier alpha value is -4.09. The highest BCUT2D eigenvalue weighted by Crippen LogP contribution is 2.49. The SMILES string of the molecule is COC(=O)c1c(N2C(=O)[C@@H]3[C@H](ON(c4ccccc4)[C@H]3c3ccc([N+](=O)[O-])cc3)C2=O)sc(C)c1C. The molecule has 2 aromatic carbocycles. The lowest BCUT2D eigenvalue weighted by molar-refractivity contribution is -0.384. The van der Waals surface area contributed by atoms with Crippen molar-refractivity contribution in [3.8, 4) is 0 Å². The van der Waals surface area contributed by atoms with Crippen LogP contribution in [0.3, 0.4) is 0 Å². The van der Waals surface area contributed by atoms with Crippen molar-refractivity contribution < 1.29 is 28.9 Å². The van der Waals surface area contributed by atoms with Gasteiger partial charge >= 0.3 is 5.97 Å². The maximum atomic E-state index is 13.9. The number of para-hydroxylation sites is 1. The highest BCUT2D eigenvalue weighted by molar-refractivity contribution is 7.17. The zero-order chi connectivity index (χ0) is 25.7. The fourth-order valence-corrected chi connectivity index (χ4v) is 5.81. The Labute approximate surface area is 209 Å². The Bertz CT molecular complexity index is 1390. The number of rotatable bonds is 5. The van der Waals surface area contributed by atoms with Gasteiger partial charge in [0.1, 0.15) is 10.9 Å². The van der Waals surface area contributed by atoms with Gasteiger partial charge in [-0.15, -0.1) is 11.3 Å². The van der Waals surface area contributed by atoms with Gasteiger partial charge in [-0.2, -0.15) is 0 Å². The van der Waals surface area contributed by atoms with E-state index in [1.165, 1.54) is 35.6 Å². The van der Waals surface area contributed by atoms with Crippen LogP contribution in [-0.4, -0.2) is 35.9 Å². The predicted octanol–water partition coefficient (Wildman–Crippen LogP) is 4.11. The number of benzene rings is 2. The lowest BCUT2D eigenvalue weighted by atomic mass is 9.90. The summed E-state index contributed by atoms with van der Waals surface area (Å²) in [6.45, 7) is 3.54. The molecule has 2 aliphatic heterocycles. The number of ether oxygens (including phenoxy) is 1. The van der Waals surface area contributed by atoms with Crippen LogP contribution in [0.25, 0.3) is 0 Å². The molecule has 3 heterocycles. The molecule has 0 N–H and O–H groups in total. The van der Waals surface area contributed by atoms with Crippen LogP contribution < -0.4 is 9.96 Å². The molecule has 3 atom stereocenters. The summed E-state index contributed by atoms with van der Waals surface area (Å²) in [6, 6.07) is 14.1. The number of carbonyl (C=O) groups excluding carboxylic acids is 3. The number of fused-ring (bicyclic) bond motifs is 1. The van der Waals surface area contributed by atoms with Crippen molar-refractivity contribution in [2.24, 2.45) is 5.92 Å². The summed E-state index contributed by atoms with van der Waals surface area (Å²) in [5, 5.41) is 12.9. The number of nitro benzene ring substituents is 1. The van der Waals surface area contributed by atoms with Gasteiger partial charge in [-0.25, -0.2) is 14.8 Å². The normalized spacial score (nSPS) is 21.1. The number of hydrogen-bond acceptors (Lipinski definition) is 9. The molecule has 0 saturated carbocycles. The standard InChI is InChI=1S/C25H21N3O7S/c1-13-14(2)36-24(18(13)25(31)34-3)26-22(29)19-20(15-9-11-17(12-10-15)28(32)33)27(35-21(19)23(26)30)16-7-5-4-6-8-16/h4-12,19-21H,1-3H3/t19-,20-,21-/m0/s1. The molecule has 10 nitrogen and oxygen atoms in total. The number of carbonyl (C=O) groups is 3. The number of anilines is 2. The first-order valence-corrected chi connectivity index (χ1v) is 11.9. The zero-order valence-corrected chi connectivity index (χ0v) is 20.4. The number of thiophene rings is 1. The number of aryl methyl sites for hydroxylation is 1. The van der Waals surface area contributed by atoms with E-state index < -0.39 is 40.8 Å². The molecule has 0 bridgehead atoms. The van der Waals surface area contributed by atoms with Crippen LogP contribution in [0.5, 0.6) is 0 Å². The first kappa shape index (κ1) is 23.6. The second-order valence-corrected chi connectivity index (χ2v) is 9.68. The Morgan fingerprint density at radius 2 is 1.72 bits per heavy atom. The van der Waals surface area contributed by atoms with Crippen LogP contribution in [0.1, 0.15) is 32.4 Å². The number of non-ortho nitro benzene ring substituents is 1. The Balaban J connectivity index is 1.60. The summed E-state index contributed by atoms with van der Waals surface area (Å²) in [5.74, 6) is -2.67. The molecule has 2 amide bonds.